The average molecular weight is 475 g/mol. The first-order valence-electron chi connectivity index (χ1n) is 10.6. The molecule has 5 rings (SSSR count). The largest absolute Gasteiger partial charge is 0.462 e. The van der Waals surface area contributed by atoms with Gasteiger partial charge in [-0.2, -0.15) is 0 Å². The second kappa shape index (κ2) is 8.68. The number of halogens is 1. The van der Waals surface area contributed by atoms with Gasteiger partial charge in [-0.05, 0) is 54.0 Å². The van der Waals surface area contributed by atoms with Crippen molar-refractivity contribution in [2.24, 2.45) is 5.16 Å². The van der Waals surface area contributed by atoms with Crippen LogP contribution >= 0.6 is 11.6 Å². The van der Waals surface area contributed by atoms with Crippen LogP contribution in [0.5, 0.6) is 0 Å². The molecule has 0 aromatic heterocycles. The number of hydrogen-bond donors (Lipinski definition) is 0. The van der Waals surface area contributed by atoms with Crippen LogP contribution in [0.2, 0.25) is 5.02 Å². The molecule has 2 aliphatic heterocycles. The number of hydrogen-bond acceptors (Lipinski definition) is 6. The number of oxime groups is 1. The zero-order valence-corrected chi connectivity index (χ0v) is 18.9. The summed E-state index contributed by atoms with van der Waals surface area (Å²) in [6, 6.07) is 24.7. The van der Waals surface area contributed by atoms with Crippen molar-refractivity contribution in [1.29, 1.82) is 0 Å². The summed E-state index contributed by atoms with van der Waals surface area (Å²) in [4.78, 5) is 34.4. The minimum atomic E-state index is -2.14. The molecule has 1 spiro atoms. The molecule has 2 heterocycles. The summed E-state index contributed by atoms with van der Waals surface area (Å²) < 4.78 is 11.4. The van der Waals surface area contributed by atoms with Gasteiger partial charge >= 0.3 is 17.7 Å². The molecule has 34 heavy (non-hydrogen) atoms. The number of nitrogens with zero attached hydrogens (tertiary/aromatic N) is 2. The average Bonchev–Trinajstić information content (AvgIpc) is 3.42. The van der Waals surface area contributed by atoms with E-state index in [-0.39, 0.29) is 23.8 Å². The fourth-order valence-corrected chi connectivity index (χ4v) is 4.04. The number of ether oxygens (including phenoxy) is 2. The lowest BCUT2D eigenvalue weighted by Crippen LogP contribution is -2.47. The Labute approximate surface area is 200 Å². The molecule has 0 fully saturated rings. The lowest BCUT2D eigenvalue weighted by atomic mass is 10.0. The van der Waals surface area contributed by atoms with Crippen molar-refractivity contribution >= 4 is 40.8 Å². The zero-order valence-electron chi connectivity index (χ0n) is 18.1. The van der Waals surface area contributed by atoms with Crippen molar-refractivity contribution in [1.82, 2.24) is 0 Å². The fraction of sp³-hybridized carbons (Fsp3) is 0.115. The molecule has 0 N–H and O–H groups in total. The van der Waals surface area contributed by atoms with E-state index in [1.807, 2.05) is 24.3 Å². The molecule has 170 valence electrons. The van der Waals surface area contributed by atoms with Gasteiger partial charge in [-0.15, -0.1) is 0 Å². The first kappa shape index (κ1) is 21.7. The number of carbonyl (C=O) groups is 2. The van der Waals surface area contributed by atoms with Crippen LogP contribution in [0, 0.1) is 0 Å². The second-order valence-electron chi connectivity index (χ2n) is 7.50. The minimum Gasteiger partial charge on any atom is -0.462 e. The van der Waals surface area contributed by atoms with Crippen LogP contribution < -0.4 is 4.90 Å². The van der Waals surface area contributed by atoms with Gasteiger partial charge in [0.1, 0.15) is 0 Å². The molecule has 1 amide bonds. The first-order valence-corrected chi connectivity index (χ1v) is 11.0. The third-order valence-corrected chi connectivity index (χ3v) is 5.66. The van der Waals surface area contributed by atoms with E-state index in [1.165, 1.54) is 4.90 Å². The Bertz CT molecular complexity index is 1310. The van der Waals surface area contributed by atoms with Crippen LogP contribution in [0.15, 0.2) is 95.7 Å². The predicted molar refractivity (Wildman–Crippen MR) is 127 cm³/mol. The van der Waals surface area contributed by atoms with Crippen molar-refractivity contribution in [2.75, 3.05) is 11.5 Å². The molecule has 0 radical (unpaired) electrons. The lowest BCUT2D eigenvalue weighted by Gasteiger charge is -2.23. The molecular formula is C26H19ClN2O5. The molecule has 1 unspecified atom stereocenters. The highest BCUT2D eigenvalue weighted by Gasteiger charge is 2.65. The van der Waals surface area contributed by atoms with Crippen LogP contribution in [-0.4, -0.2) is 30.2 Å². The summed E-state index contributed by atoms with van der Waals surface area (Å²) in [6.07, 6.45) is 0. The number of benzene rings is 3. The molecule has 2 aliphatic rings. The summed E-state index contributed by atoms with van der Waals surface area (Å²) in [6.45, 7) is 1.78. The maximum absolute atomic E-state index is 14.0. The number of amides is 1. The minimum absolute atomic E-state index is 0.0844. The van der Waals surface area contributed by atoms with Gasteiger partial charge in [0.05, 0.1) is 12.3 Å². The molecular weight excluding hydrogens is 456 g/mol. The summed E-state index contributed by atoms with van der Waals surface area (Å²) in [5, 5.41) is 4.54. The molecule has 3 aromatic carbocycles. The fourth-order valence-electron chi connectivity index (χ4n) is 3.91. The van der Waals surface area contributed by atoms with Crippen molar-refractivity contribution in [3.8, 4) is 0 Å². The number of rotatable bonds is 5. The smallest absolute Gasteiger partial charge is 0.393 e. The predicted octanol–water partition coefficient (Wildman–Crippen LogP) is 4.77. The van der Waals surface area contributed by atoms with Crippen LogP contribution in [0.4, 0.5) is 5.69 Å². The Balaban J connectivity index is 1.71. The SMILES string of the molecule is CCOC(=O)C1=C(c2ccccc2)N(c2ccc(Cl)cc2)C(=O)C12ON=C(c1ccccc1)O2. The van der Waals surface area contributed by atoms with Gasteiger partial charge in [-0.3, -0.25) is 9.69 Å². The third-order valence-electron chi connectivity index (χ3n) is 5.40. The number of carbonyl (C=O) groups excluding carboxylic acids is 2. The highest BCUT2D eigenvalue weighted by Crippen LogP contribution is 2.47. The second-order valence-corrected chi connectivity index (χ2v) is 7.94. The molecule has 0 saturated heterocycles. The van der Waals surface area contributed by atoms with Gasteiger partial charge in [-0.25, -0.2) is 4.79 Å². The Morgan fingerprint density at radius 2 is 1.59 bits per heavy atom. The monoisotopic (exact) mass is 474 g/mol. The summed E-state index contributed by atoms with van der Waals surface area (Å²) in [5.74, 6) is -3.43. The van der Waals surface area contributed by atoms with E-state index in [2.05, 4.69) is 5.16 Å². The zero-order chi connectivity index (χ0) is 23.7. The van der Waals surface area contributed by atoms with Crippen LogP contribution in [0.1, 0.15) is 18.1 Å². The molecule has 1 atom stereocenters. The van der Waals surface area contributed by atoms with Crippen LogP contribution in [-0.2, 0) is 23.9 Å². The number of anilines is 1. The van der Waals surface area contributed by atoms with Crippen molar-refractivity contribution in [3.05, 3.63) is 107 Å². The van der Waals surface area contributed by atoms with E-state index in [4.69, 9.17) is 25.9 Å². The van der Waals surface area contributed by atoms with E-state index in [9.17, 15) is 9.59 Å². The Morgan fingerprint density at radius 3 is 2.21 bits per heavy atom. The van der Waals surface area contributed by atoms with Crippen LogP contribution in [0.3, 0.4) is 0 Å². The lowest BCUT2D eigenvalue weighted by molar-refractivity contribution is -0.171. The Hall–Kier alpha value is -4.10. The topological polar surface area (TPSA) is 77.4 Å². The highest BCUT2D eigenvalue weighted by atomic mass is 35.5. The highest BCUT2D eigenvalue weighted by molar-refractivity contribution is 6.31. The van der Waals surface area contributed by atoms with E-state index in [1.54, 1.807) is 67.6 Å². The standard InChI is InChI=1S/C26H19ClN2O5/c1-2-32-24(30)21-22(17-9-5-3-6-10-17)29(20-15-13-19(27)14-16-20)25(31)26(21)33-23(28-34-26)18-11-7-4-8-12-18/h3-16H,2H2,1H3. The van der Waals surface area contributed by atoms with Gasteiger partial charge < -0.3 is 14.3 Å². The van der Waals surface area contributed by atoms with Crippen molar-refractivity contribution in [2.45, 2.75) is 12.7 Å². The molecule has 0 bridgehead atoms. The van der Waals surface area contributed by atoms with Gasteiger partial charge in [0, 0.05) is 16.3 Å². The summed E-state index contributed by atoms with van der Waals surface area (Å²) in [5.41, 5.74) is 1.88. The molecule has 8 heteroatoms. The number of esters is 1. The quantitative estimate of drug-likeness (QED) is 0.498. The van der Waals surface area contributed by atoms with E-state index in [0.717, 1.165) is 0 Å². The summed E-state index contributed by atoms with van der Waals surface area (Å²) >= 11 is 6.08. The van der Waals surface area contributed by atoms with E-state index in [0.29, 0.717) is 21.8 Å². The summed E-state index contributed by atoms with van der Waals surface area (Å²) in [7, 11) is 0. The van der Waals surface area contributed by atoms with Crippen LogP contribution in [0.25, 0.3) is 5.70 Å². The maximum atomic E-state index is 14.0. The maximum Gasteiger partial charge on any atom is 0.393 e. The Morgan fingerprint density at radius 1 is 0.971 bits per heavy atom. The van der Waals surface area contributed by atoms with Gasteiger partial charge in [0.25, 0.3) is 5.90 Å². The molecule has 0 aliphatic carbocycles. The van der Waals surface area contributed by atoms with Crippen molar-refractivity contribution < 1.29 is 23.9 Å². The van der Waals surface area contributed by atoms with Gasteiger partial charge in [-0.1, -0.05) is 60.1 Å². The third kappa shape index (κ3) is 3.50. The molecule has 3 aromatic rings. The normalized spacial score (nSPS) is 19.2. The first-order chi connectivity index (χ1) is 16.5. The van der Waals surface area contributed by atoms with Gasteiger partial charge in [0.15, 0.2) is 5.57 Å². The van der Waals surface area contributed by atoms with E-state index < -0.39 is 17.7 Å². The van der Waals surface area contributed by atoms with Crippen molar-refractivity contribution in [3.63, 3.8) is 0 Å². The Kier molecular flexibility index (Phi) is 5.55. The molecule has 7 nitrogen and oxygen atoms in total. The van der Waals surface area contributed by atoms with Gasteiger partial charge in [0.2, 0.25) is 0 Å². The van der Waals surface area contributed by atoms with E-state index >= 15 is 0 Å². The molecule has 0 saturated carbocycles.